The highest BCUT2D eigenvalue weighted by Gasteiger charge is 2.20. The summed E-state index contributed by atoms with van der Waals surface area (Å²) in [5.41, 5.74) is 4.04. The molecule has 0 radical (unpaired) electrons. The summed E-state index contributed by atoms with van der Waals surface area (Å²) in [5, 5.41) is 8.99. The van der Waals surface area contributed by atoms with Crippen LogP contribution in [0.1, 0.15) is 24.1 Å². The van der Waals surface area contributed by atoms with E-state index in [9.17, 15) is 0 Å². The van der Waals surface area contributed by atoms with E-state index in [4.69, 9.17) is 9.47 Å². The lowest BCUT2D eigenvalue weighted by Crippen LogP contribution is -2.26. The van der Waals surface area contributed by atoms with Gasteiger partial charge in [0.2, 0.25) is 5.88 Å². The average Bonchev–Trinajstić information content (AvgIpc) is 3.24. The lowest BCUT2D eigenvalue weighted by molar-refractivity contribution is 0.0241. The number of nitrogens with one attached hydrogen (secondary N) is 1. The number of hydrogen-bond donors (Lipinski definition) is 1. The Balaban J connectivity index is 1.40. The van der Waals surface area contributed by atoms with Gasteiger partial charge in [0.15, 0.2) is 5.84 Å². The highest BCUT2D eigenvalue weighted by atomic mass is 16.5. The van der Waals surface area contributed by atoms with Gasteiger partial charge in [0.25, 0.3) is 0 Å². The average molecular weight is 363 g/mol. The largest absolute Gasteiger partial charge is 0.473 e. The van der Waals surface area contributed by atoms with Crippen molar-refractivity contribution in [2.24, 2.45) is 12.0 Å². The minimum Gasteiger partial charge on any atom is -0.473 e. The van der Waals surface area contributed by atoms with Gasteiger partial charge in [-0.15, -0.1) is 5.10 Å². The third-order valence-corrected chi connectivity index (χ3v) is 5.05. The van der Waals surface area contributed by atoms with Crippen molar-refractivity contribution in [3.63, 3.8) is 0 Å². The molecule has 0 spiro atoms. The number of aromatic nitrogens is 3. The molecule has 27 heavy (non-hydrogen) atoms. The Labute approximate surface area is 157 Å². The smallest absolute Gasteiger partial charge is 0.241 e. The number of nitrogens with zero attached hydrogens (tertiary/aromatic N) is 4. The lowest BCUT2D eigenvalue weighted by Gasteiger charge is -2.22. The Morgan fingerprint density at radius 1 is 1.22 bits per heavy atom. The fourth-order valence-corrected chi connectivity index (χ4v) is 3.59. The number of fused-ring (bicyclic) bond motifs is 2. The van der Waals surface area contributed by atoms with Crippen LogP contribution in [0.2, 0.25) is 0 Å². The van der Waals surface area contributed by atoms with Crippen LogP contribution < -0.4 is 10.1 Å². The van der Waals surface area contributed by atoms with Crippen molar-refractivity contribution in [3.8, 4) is 5.88 Å². The summed E-state index contributed by atoms with van der Waals surface area (Å²) in [6, 6.07) is 10.2. The van der Waals surface area contributed by atoms with E-state index < -0.39 is 0 Å². The van der Waals surface area contributed by atoms with Crippen LogP contribution in [-0.2, 0) is 18.3 Å². The number of anilines is 1. The summed E-state index contributed by atoms with van der Waals surface area (Å²) < 4.78 is 13.4. The van der Waals surface area contributed by atoms with Crippen molar-refractivity contribution in [1.29, 1.82) is 0 Å². The first-order valence-corrected chi connectivity index (χ1v) is 9.25. The highest BCUT2D eigenvalue weighted by molar-refractivity contribution is 6.09. The predicted molar refractivity (Wildman–Crippen MR) is 103 cm³/mol. The van der Waals surface area contributed by atoms with Gasteiger partial charge in [-0.05, 0) is 24.3 Å². The summed E-state index contributed by atoms with van der Waals surface area (Å²) in [4.78, 5) is 9.01. The molecule has 2 aromatic heterocycles. The Morgan fingerprint density at radius 3 is 3.00 bits per heavy atom. The molecule has 4 heterocycles. The van der Waals surface area contributed by atoms with Crippen LogP contribution in [0.25, 0.3) is 10.9 Å². The van der Waals surface area contributed by atoms with Crippen LogP contribution in [0.5, 0.6) is 5.88 Å². The van der Waals surface area contributed by atoms with Crippen LogP contribution in [-0.4, -0.2) is 39.9 Å². The van der Waals surface area contributed by atoms with Crippen molar-refractivity contribution in [3.05, 3.63) is 47.8 Å². The normalized spacial score (nSPS) is 17.0. The Hall–Kier alpha value is -2.93. The first-order chi connectivity index (χ1) is 13.3. The molecule has 1 fully saturated rings. The molecule has 7 nitrogen and oxygen atoms in total. The zero-order chi connectivity index (χ0) is 18.2. The minimum absolute atomic E-state index is 0.171. The van der Waals surface area contributed by atoms with Gasteiger partial charge < -0.3 is 14.8 Å². The Morgan fingerprint density at radius 2 is 2.11 bits per heavy atom. The summed E-state index contributed by atoms with van der Waals surface area (Å²) in [6.07, 6.45) is 3.78. The monoisotopic (exact) mass is 363 g/mol. The number of ether oxygens (including phenoxy) is 2. The number of amidine groups is 1. The third kappa shape index (κ3) is 3.04. The van der Waals surface area contributed by atoms with Gasteiger partial charge in [0.1, 0.15) is 11.8 Å². The van der Waals surface area contributed by atoms with Gasteiger partial charge in [-0.3, -0.25) is 14.7 Å². The molecule has 1 aromatic carbocycles. The molecule has 0 saturated carbocycles. The molecular formula is C20H21N5O2. The van der Waals surface area contributed by atoms with E-state index in [1.54, 1.807) is 6.20 Å². The lowest BCUT2D eigenvalue weighted by atomic mass is 10.1. The van der Waals surface area contributed by atoms with Gasteiger partial charge in [0.05, 0.1) is 30.7 Å². The number of benzene rings is 1. The highest BCUT2D eigenvalue weighted by Crippen LogP contribution is 2.29. The van der Waals surface area contributed by atoms with E-state index in [-0.39, 0.29) is 6.10 Å². The van der Waals surface area contributed by atoms with Crippen molar-refractivity contribution >= 4 is 22.4 Å². The molecule has 7 heteroatoms. The Bertz CT molecular complexity index is 1020. The first kappa shape index (κ1) is 16.3. The van der Waals surface area contributed by atoms with Crippen molar-refractivity contribution < 1.29 is 9.47 Å². The molecule has 1 N–H and O–H groups in total. The molecule has 1 saturated heterocycles. The number of aryl methyl sites for hydroxylation is 1. The maximum Gasteiger partial charge on any atom is 0.241 e. The second-order valence-electron chi connectivity index (χ2n) is 6.89. The molecule has 0 aliphatic carbocycles. The molecule has 0 atom stereocenters. The van der Waals surface area contributed by atoms with Crippen molar-refractivity contribution in [1.82, 2.24) is 14.8 Å². The van der Waals surface area contributed by atoms with E-state index in [0.29, 0.717) is 12.4 Å². The standard InChI is InChI=1S/C20H21N5O2/c1-25-17-11-14(23-19-18-13(12-22-19)3-2-8-21-18)4-5-16(17)20(24-25)27-15-6-9-26-10-7-15/h2-5,8,11,15H,6-7,9-10,12H2,1H3,(H,22,23). The first-order valence-electron chi connectivity index (χ1n) is 9.25. The number of aliphatic imine (C=N–C) groups is 1. The molecule has 0 amide bonds. The molecule has 2 aliphatic rings. The molecular weight excluding hydrogens is 342 g/mol. The molecule has 0 unspecified atom stereocenters. The van der Waals surface area contributed by atoms with E-state index in [1.807, 2.05) is 29.9 Å². The fourth-order valence-electron chi connectivity index (χ4n) is 3.59. The SMILES string of the molecule is Cn1nc(OC2CCOCC2)c2ccc(NC3=NCc4cccnc43)cc21. The van der Waals surface area contributed by atoms with E-state index in [2.05, 4.69) is 32.5 Å². The summed E-state index contributed by atoms with van der Waals surface area (Å²) >= 11 is 0. The summed E-state index contributed by atoms with van der Waals surface area (Å²) in [5.74, 6) is 1.50. The van der Waals surface area contributed by atoms with Crippen LogP contribution in [0.3, 0.4) is 0 Å². The quantitative estimate of drug-likeness (QED) is 0.775. The van der Waals surface area contributed by atoms with E-state index in [1.165, 1.54) is 0 Å². The predicted octanol–water partition coefficient (Wildman–Crippen LogP) is 2.90. The summed E-state index contributed by atoms with van der Waals surface area (Å²) in [6.45, 7) is 2.17. The van der Waals surface area contributed by atoms with Crippen LogP contribution in [0.4, 0.5) is 5.69 Å². The van der Waals surface area contributed by atoms with Gasteiger partial charge in [-0.25, -0.2) is 0 Å². The Kier molecular flexibility index (Phi) is 4.01. The van der Waals surface area contributed by atoms with Gasteiger partial charge in [0, 0.05) is 37.3 Å². The number of hydrogen-bond acceptors (Lipinski definition) is 6. The zero-order valence-corrected chi connectivity index (χ0v) is 15.2. The summed E-state index contributed by atoms with van der Waals surface area (Å²) in [7, 11) is 1.94. The van der Waals surface area contributed by atoms with Gasteiger partial charge >= 0.3 is 0 Å². The van der Waals surface area contributed by atoms with Crippen molar-refractivity contribution in [2.45, 2.75) is 25.5 Å². The molecule has 5 rings (SSSR count). The second kappa shape index (κ2) is 6.66. The molecule has 3 aromatic rings. The van der Waals surface area contributed by atoms with Crippen LogP contribution in [0, 0.1) is 0 Å². The fraction of sp³-hybridized carbons (Fsp3) is 0.350. The van der Waals surface area contributed by atoms with E-state index >= 15 is 0 Å². The topological polar surface area (TPSA) is 73.6 Å². The maximum atomic E-state index is 6.14. The molecule has 138 valence electrons. The molecule has 0 bridgehead atoms. The van der Waals surface area contributed by atoms with Crippen LogP contribution in [0.15, 0.2) is 41.5 Å². The zero-order valence-electron chi connectivity index (χ0n) is 15.2. The van der Waals surface area contributed by atoms with E-state index in [0.717, 1.165) is 59.7 Å². The second-order valence-corrected chi connectivity index (χ2v) is 6.89. The van der Waals surface area contributed by atoms with Crippen LogP contribution >= 0.6 is 0 Å². The van der Waals surface area contributed by atoms with Crippen molar-refractivity contribution in [2.75, 3.05) is 18.5 Å². The molecule has 2 aliphatic heterocycles. The minimum atomic E-state index is 0.171. The maximum absolute atomic E-state index is 6.14. The van der Waals surface area contributed by atoms with Gasteiger partial charge in [-0.2, -0.15) is 0 Å². The third-order valence-electron chi connectivity index (χ3n) is 5.05. The number of pyridine rings is 1. The van der Waals surface area contributed by atoms with Gasteiger partial charge in [-0.1, -0.05) is 6.07 Å². The number of rotatable bonds is 3.